The number of halogens is 4. The molecule has 4 N–H and O–H groups in total. The molecule has 5 aromatic rings. The number of alkyl halides is 3. The first-order valence-corrected chi connectivity index (χ1v) is 18.2. The number of rotatable bonds is 8. The van der Waals surface area contributed by atoms with Crippen molar-refractivity contribution >= 4 is 45.0 Å². The van der Waals surface area contributed by atoms with Gasteiger partial charge in [-0.2, -0.15) is 22.7 Å². The van der Waals surface area contributed by atoms with E-state index in [4.69, 9.17) is 4.98 Å². The highest BCUT2D eigenvalue weighted by atomic mass is 79.9. The lowest BCUT2D eigenvalue weighted by molar-refractivity contribution is -0.137. The van der Waals surface area contributed by atoms with Gasteiger partial charge in [0.05, 0.1) is 29.2 Å². The molecule has 288 valence electrons. The van der Waals surface area contributed by atoms with Gasteiger partial charge in [-0.05, 0) is 85.3 Å². The molecule has 1 aromatic carbocycles. The van der Waals surface area contributed by atoms with Gasteiger partial charge in [-0.1, -0.05) is 6.92 Å². The molecule has 2 aliphatic rings. The first-order chi connectivity index (χ1) is 26.1. The number of fused-ring (bicyclic) bond motifs is 3. The zero-order chi connectivity index (χ0) is 39.4. The molecule has 5 heterocycles. The maximum Gasteiger partial charge on any atom is 0.416 e. The summed E-state index contributed by atoms with van der Waals surface area (Å²) in [5, 5.41) is 30.0. The van der Waals surface area contributed by atoms with E-state index in [-0.39, 0.29) is 71.1 Å². The summed E-state index contributed by atoms with van der Waals surface area (Å²) in [6, 6.07) is 6.35. The fraction of sp³-hybridized carbons (Fsp3) is 0.389. The van der Waals surface area contributed by atoms with Crippen LogP contribution in [0.15, 0.2) is 45.9 Å². The molecule has 2 amide bonds. The summed E-state index contributed by atoms with van der Waals surface area (Å²) in [6.07, 6.45) is -2.02. The summed E-state index contributed by atoms with van der Waals surface area (Å²) >= 11 is 3.14. The number of aliphatic hydroxyl groups excluding tert-OH is 1. The van der Waals surface area contributed by atoms with Gasteiger partial charge in [-0.3, -0.25) is 14.4 Å². The Morgan fingerprint density at radius 3 is 2.49 bits per heavy atom. The fourth-order valence-electron chi connectivity index (χ4n) is 7.71. The molecule has 1 saturated heterocycles. The minimum absolute atomic E-state index is 0.0368. The van der Waals surface area contributed by atoms with Gasteiger partial charge in [0.25, 0.3) is 11.5 Å². The Balaban J connectivity index is 1.29. The summed E-state index contributed by atoms with van der Waals surface area (Å²) in [6.45, 7) is 5.66. The highest BCUT2D eigenvalue weighted by molar-refractivity contribution is 9.10. The molecule has 1 atom stereocenters. The maximum atomic E-state index is 14.6. The summed E-state index contributed by atoms with van der Waals surface area (Å²) in [7, 11) is 0. The van der Waals surface area contributed by atoms with Crippen LogP contribution in [0.2, 0.25) is 0 Å². The van der Waals surface area contributed by atoms with Gasteiger partial charge in [-0.25, -0.2) is 15.0 Å². The average Bonchev–Trinajstić information content (AvgIpc) is 3.70. The number of aromatic hydroxyl groups is 1. The number of hydrogen-bond donors (Lipinski definition) is 4. The first kappa shape index (κ1) is 37.9. The Hall–Kier alpha value is -5.43. The minimum Gasteiger partial charge on any atom is -0.504 e. The molecule has 1 spiro atoms. The number of aromatic nitrogens is 7. The number of pyridine rings is 1. The number of likely N-dealkylation sites (tertiary alicyclic amines) is 1. The van der Waals surface area contributed by atoms with Gasteiger partial charge >= 0.3 is 6.18 Å². The van der Waals surface area contributed by atoms with E-state index in [9.17, 15) is 37.8 Å². The lowest BCUT2D eigenvalue weighted by Crippen LogP contribution is -2.46. The second-order valence-electron chi connectivity index (χ2n) is 13.9. The number of carbonyl (C=O) groups excluding carboxylic acids is 2. The van der Waals surface area contributed by atoms with Crippen molar-refractivity contribution < 1.29 is 33.0 Å². The van der Waals surface area contributed by atoms with Gasteiger partial charge in [0.2, 0.25) is 11.7 Å². The van der Waals surface area contributed by atoms with Crippen molar-refractivity contribution in [2.24, 2.45) is 0 Å². The number of benzene rings is 1. The van der Waals surface area contributed by atoms with E-state index < -0.39 is 34.5 Å². The van der Waals surface area contributed by atoms with Crippen LogP contribution in [-0.2, 0) is 22.9 Å². The molecule has 1 fully saturated rings. The molecule has 0 saturated carbocycles. The van der Waals surface area contributed by atoms with E-state index in [1.54, 1.807) is 35.4 Å². The van der Waals surface area contributed by atoms with Crippen LogP contribution in [0.25, 0.3) is 17.2 Å². The smallest absolute Gasteiger partial charge is 0.416 e. The third-order valence-electron chi connectivity index (χ3n) is 10.3. The molecule has 0 bridgehead atoms. The molecule has 55 heavy (non-hydrogen) atoms. The standard InChI is InChI=1S/C36H36BrF3N10O5/c1-18-15-35(8-11-48(12-9-35)33(55)28-30(53)20(3)42-17-43-28)27-29(18)49(16-26(52)45-24-6-4-21(14-23(24)37)36(38,39)40)34-46-31(47-50(34)32(27)54)22-5-7-25(41-10-13-51)44-19(22)2/h4-7,14,17-18,51,53H,8-13,15-16H2,1-3H3,(H,41,44)(H,45,52). The topological polar surface area (TPSA) is 193 Å². The van der Waals surface area contributed by atoms with Crippen LogP contribution in [0, 0.1) is 13.8 Å². The highest BCUT2D eigenvalue weighted by Gasteiger charge is 2.49. The van der Waals surface area contributed by atoms with Gasteiger partial charge < -0.3 is 30.3 Å². The molecular weight excluding hydrogens is 789 g/mol. The minimum atomic E-state index is -4.57. The molecule has 7 rings (SSSR count). The summed E-state index contributed by atoms with van der Waals surface area (Å²) < 4.78 is 42.8. The van der Waals surface area contributed by atoms with Gasteiger partial charge in [0, 0.05) is 46.3 Å². The van der Waals surface area contributed by atoms with Crippen molar-refractivity contribution in [3.8, 4) is 17.1 Å². The number of nitrogens with one attached hydrogen (secondary N) is 2. The number of carbonyl (C=O) groups is 2. The molecule has 0 radical (unpaired) electrons. The van der Waals surface area contributed by atoms with E-state index >= 15 is 0 Å². The first-order valence-electron chi connectivity index (χ1n) is 17.4. The van der Waals surface area contributed by atoms with Crippen molar-refractivity contribution in [1.29, 1.82) is 0 Å². The van der Waals surface area contributed by atoms with Crippen molar-refractivity contribution in [2.45, 2.75) is 64.1 Å². The predicted octanol–water partition coefficient (Wildman–Crippen LogP) is 4.57. The number of hydrogen-bond acceptors (Lipinski definition) is 11. The highest BCUT2D eigenvalue weighted by Crippen LogP contribution is 2.50. The van der Waals surface area contributed by atoms with E-state index in [0.29, 0.717) is 54.1 Å². The molecule has 1 unspecified atom stereocenters. The Morgan fingerprint density at radius 2 is 1.82 bits per heavy atom. The van der Waals surface area contributed by atoms with Crippen LogP contribution in [0.5, 0.6) is 5.75 Å². The quantitative estimate of drug-likeness (QED) is 0.171. The zero-order valence-corrected chi connectivity index (χ0v) is 31.5. The largest absolute Gasteiger partial charge is 0.504 e. The second-order valence-corrected chi connectivity index (χ2v) is 14.7. The van der Waals surface area contributed by atoms with Crippen LogP contribution in [0.4, 0.5) is 24.7 Å². The van der Waals surface area contributed by atoms with E-state index in [2.05, 4.69) is 46.6 Å². The van der Waals surface area contributed by atoms with Crippen molar-refractivity contribution in [3.63, 3.8) is 0 Å². The van der Waals surface area contributed by atoms with Crippen molar-refractivity contribution in [1.82, 2.24) is 39.0 Å². The maximum absolute atomic E-state index is 14.6. The van der Waals surface area contributed by atoms with E-state index in [0.717, 1.165) is 18.2 Å². The molecule has 1 aliphatic carbocycles. The van der Waals surface area contributed by atoms with Crippen molar-refractivity contribution in [3.05, 3.63) is 85.4 Å². The molecule has 1 aliphatic heterocycles. The predicted molar refractivity (Wildman–Crippen MR) is 197 cm³/mol. The molecular formula is C36H36BrF3N10O5. The van der Waals surface area contributed by atoms with Crippen LogP contribution < -0.4 is 16.2 Å². The van der Waals surface area contributed by atoms with Crippen LogP contribution in [-0.4, -0.2) is 87.3 Å². The second kappa shape index (κ2) is 14.3. The average molecular weight is 826 g/mol. The Morgan fingerprint density at radius 1 is 1.07 bits per heavy atom. The van der Waals surface area contributed by atoms with Crippen LogP contribution in [0.3, 0.4) is 0 Å². The van der Waals surface area contributed by atoms with E-state index in [1.165, 1.54) is 10.8 Å². The van der Waals surface area contributed by atoms with E-state index in [1.807, 2.05) is 6.92 Å². The van der Waals surface area contributed by atoms with Crippen LogP contribution in [0.1, 0.15) is 70.8 Å². The van der Waals surface area contributed by atoms with Gasteiger partial charge in [0.1, 0.15) is 18.7 Å². The normalized spacial score (nSPS) is 16.4. The lowest BCUT2D eigenvalue weighted by atomic mass is 9.73. The SMILES string of the molecule is Cc1nc(NCCO)ccc1-c1nc2n(CC(=O)Nc3ccc(C(F)(F)F)cc3Br)c3c(c(=O)n2n1)C1(CCN(C(=O)c2ncnc(C)c2O)CC1)CC3C. The summed E-state index contributed by atoms with van der Waals surface area (Å²) in [5.74, 6) is -0.768. The lowest BCUT2D eigenvalue weighted by Gasteiger charge is -2.39. The van der Waals surface area contributed by atoms with Gasteiger partial charge in [-0.15, -0.1) is 5.10 Å². The molecule has 4 aromatic heterocycles. The Labute approximate surface area is 319 Å². The molecule has 15 nitrogen and oxygen atoms in total. The number of piperidine rings is 1. The fourth-order valence-corrected chi connectivity index (χ4v) is 8.19. The number of amides is 2. The number of anilines is 2. The van der Waals surface area contributed by atoms with Crippen molar-refractivity contribution in [2.75, 3.05) is 36.9 Å². The number of aliphatic hydroxyl groups is 1. The Kier molecular flexibility index (Phi) is 9.87. The van der Waals surface area contributed by atoms with Crippen LogP contribution >= 0.6 is 15.9 Å². The molecule has 19 heteroatoms. The monoisotopic (exact) mass is 824 g/mol. The number of nitrogens with zero attached hydrogens (tertiary/aromatic N) is 8. The summed E-state index contributed by atoms with van der Waals surface area (Å²) in [4.78, 5) is 60.6. The zero-order valence-electron chi connectivity index (χ0n) is 29.9. The third-order valence-corrected chi connectivity index (χ3v) is 11.0. The Bertz CT molecular complexity index is 2410. The number of aryl methyl sites for hydroxylation is 2. The third kappa shape index (κ3) is 6.90. The van der Waals surface area contributed by atoms with Gasteiger partial charge in [0.15, 0.2) is 17.3 Å². The summed E-state index contributed by atoms with van der Waals surface area (Å²) in [5.41, 5.74) is 0.418.